The molecular weight excluding hydrogens is 951 g/mol. The number of aliphatic hydroxyl groups excluding tert-OH is 1. The summed E-state index contributed by atoms with van der Waals surface area (Å²) in [7, 11) is 0. The molecule has 0 spiro atoms. The molecule has 0 saturated carbocycles. The molecule has 0 bridgehead atoms. The van der Waals surface area contributed by atoms with Gasteiger partial charge in [0.2, 0.25) is 47.3 Å². The largest absolute Gasteiger partial charge is 0.481 e. The van der Waals surface area contributed by atoms with Crippen LogP contribution in [0.4, 0.5) is 0 Å². The first kappa shape index (κ1) is 60.1. The van der Waals surface area contributed by atoms with Crippen molar-refractivity contribution in [3.8, 4) is 0 Å². The number of carboxylic acids is 4. The number of hydrogen-bond donors (Lipinski definition) is 14. The summed E-state index contributed by atoms with van der Waals surface area (Å²) in [4.78, 5) is 153. The van der Waals surface area contributed by atoms with Crippen LogP contribution in [0.2, 0.25) is 0 Å². The quantitative estimate of drug-likeness (QED) is 0.0364. The van der Waals surface area contributed by atoms with Gasteiger partial charge in [0.05, 0.1) is 31.4 Å². The number of aliphatic carboxylic acids is 4. The van der Waals surface area contributed by atoms with E-state index in [-0.39, 0.29) is 25.2 Å². The molecule has 72 heavy (non-hydrogen) atoms. The Morgan fingerprint density at radius 2 is 0.778 bits per heavy atom. The Morgan fingerprint density at radius 3 is 1.15 bits per heavy atom. The number of nitrogens with one attached hydrogen (secondary N) is 8. The molecule has 10 unspecified atom stereocenters. The van der Waals surface area contributed by atoms with Gasteiger partial charge in [0.25, 0.3) is 0 Å². The van der Waals surface area contributed by atoms with Crippen LogP contribution in [0.3, 0.4) is 0 Å². The summed E-state index contributed by atoms with van der Waals surface area (Å²) in [6.07, 6.45) is -4.91. The van der Waals surface area contributed by atoms with Gasteiger partial charge in [-0.25, -0.2) is 4.79 Å². The van der Waals surface area contributed by atoms with Gasteiger partial charge in [-0.05, 0) is 50.7 Å². The van der Waals surface area contributed by atoms with Crippen molar-refractivity contribution < 1.29 is 83.1 Å². The van der Waals surface area contributed by atoms with Gasteiger partial charge in [-0.3, -0.25) is 52.7 Å². The second-order valence-electron chi connectivity index (χ2n) is 17.2. The summed E-state index contributed by atoms with van der Waals surface area (Å²) >= 11 is 0. The third-order valence-corrected chi connectivity index (χ3v) is 10.5. The maximum Gasteiger partial charge on any atom is 0.326 e. The standard InChI is InChI=1S/C46H63N9O17/c1-22(2)16-29(53-45(70)37(25(5)56)55-40(65)28(47)17-26-12-8-6-9-13-26)43(68)52-31(20-35(59)60)42(67)49-23(3)38(63)50-30(19-34(57)58)41(66)48-24(4)39(64)51-32(21-36(61)62)44(69)54-33(46(71)72)18-27-14-10-7-11-15-27/h6-15,22-25,28-33,37,56H,16-21,47H2,1-5H3,(H,48,66)(H,49,67)(H,50,63)(H,51,64)(H,52,68)(H,53,70)(H,54,69)(H,55,65)(H,57,58)(H,59,60)(H,61,62)(H,71,72). The maximum absolute atomic E-state index is 13.6. The summed E-state index contributed by atoms with van der Waals surface area (Å²) in [5.41, 5.74) is 7.27. The SMILES string of the molecule is CC(C)CC(NC(=O)C(NC(=O)C(N)Cc1ccccc1)C(C)O)C(=O)NC(CC(=O)O)C(=O)NC(C)C(=O)NC(CC(=O)O)C(=O)NC(C)C(=O)NC(CC(=O)O)C(=O)NC(Cc1ccccc1)C(=O)O. The van der Waals surface area contributed by atoms with Crippen molar-refractivity contribution in [2.45, 2.75) is 134 Å². The first-order valence-electron chi connectivity index (χ1n) is 22.5. The van der Waals surface area contributed by atoms with Crippen LogP contribution in [-0.4, -0.2) is 157 Å². The van der Waals surface area contributed by atoms with Crippen LogP contribution in [0.5, 0.6) is 0 Å². The highest BCUT2D eigenvalue weighted by Crippen LogP contribution is 2.10. The van der Waals surface area contributed by atoms with E-state index in [2.05, 4.69) is 42.5 Å². The van der Waals surface area contributed by atoms with Gasteiger partial charge in [-0.1, -0.05) is 74.5 Å². The molecule has 0 aliphatic heterocycles. The molecular formula is C46H63N9O17. The molecule has 8 amide bonds. The fraction of sp³-hybridized carbons (Fsp3) is 0.478. The Morgan fingerprint density at radius 1 is 0.431 bits per heavy atom. The van der Waals surface area contributed by atoms with E-state index in [1.165, 1.54) is 6.92 Å². The lowest BCUT2D eigenvalue weighted by atomic mass is 10.0. The van der Waals surface area contributed by atoms with Gasteiger partial charge >= 0.3 is 23.9 Å². The van der Waals surface area contributed by atoms with E-state index in [4.69, 9.17) is 5.73 Å². The fourth-order valence-electron chi connectivity index (χ4n) is 6.69. The summed E-state index contributed by atoms with van der Waals surface area (Å²) < 4.78 is 0. The van der Waals surface area contributed by atoms with Crippen LogP contribution < -0.4 is 48.3 Å². The Kier molecular flexibility index (Phi) is 24.4. The predicted molar refractivity (Wildman–Crippen MR) is 251 cm³/mol. The van der Waals surface area contributed by atoms with Crippen molar-refractivity contribution in [1.82, 2.24) is 42.5 Å². The highest BCUT2D eigenvalue weighted by Gasteiger charge is 2.36. The molecule has 0 aromatic heterocycles. The molecule has 0 aliphatic carbocycles. The van der Waals surface area contributed by atoms with Crippen LogP contribution in [0.1, 0.15) is 71.4 Å². The second kappa shape index (κ2) is 29.2. The van der Waals surface area contributed by atoms with Gasteiger partial charge in [0.1, 0.15) is 48.3 Å². The lowest BCUT2D eigenvalue weighted by molar-refractivity contribution is -0.143. The summed E-state index contributed by atoms with van der Waals surface area (Å²) in [6, 6.07) is 1.97. The number of aliphatic hydroxyl groups is 1. The molecule has 394 valence electrons. The van der Waals surface area contributed by atoms with E-state index >= 15 is 0 Å². The molecule has 15 N–H and O–H groups in total. The van der Waals surface area contributed by atoms with E-state index in [9.17, 15) is 83.1 Å². The first-order valence-corrected chi connectivity index (χ1v) is 22.5. The van der Waals surface area contributed by atoms with Gasteiger partial charge in [0, 0.05) is 6.42 Å². The lowest BCUT2D eigenvalue weighted by Gasteiger charge is -2.28. The van der Waals surface area contributed by atoms with Crippen molar-refractivity contribution in [3.05, 3.63) is 71.8 Å². The molecule has 2 rings (SSSR count). The van der Waals surface area contributed by atoms with Crippen LogP contribution >= 0.6 is 0 Å². The minimum atomic E-state index is -1.96. The van der Waals surface area contributed by atoms with Crippen LogP contribution in [0.15, 0.2) is 60.7 Å². The minimum Gasteiger partial charge on any atom is -0.481 e. The number of carbonyl (C=O) groups is 12. The zero-order chi connectivity index (χ0) is 54.4. The normalized spacial score (nSPS) is 15.1. The Labute approximate surface area is 413 Å². The number of amides is 8. The molecule has 26 heteroatoms. The van der Waals surface area contributed by atoms with Crippen molar-refractivity contribution in [2.24, 2.45) is 11.7 Å². The minimum absolute atomic E-state index is 0.0879. The van der Waals surface area contributed by atoms with Crippen molar-refractivity contribution in [3.63, 3.8) is 0 Å². The zero-order valence-corrected chi connectivity index (χ0v) is 40.1. The molecule has 0 heterocycles. The highest BCUT2D eigenvalue weighted by atomic mass is 16.4. The number of carboxylic acid groups (broad SMARTS) is 4. The van der Waals surface area contributed by atoms with Crippen molar-refractivity contribution >= 4 is 71.1 Å². The summed E-state index contributed by atoms with van der Waals surface area (Å²) in [5.74, 6) is -15.6. The van der Waals surface area contributed by atoms with Gasteiger partial charge in [-0.2, -0.15) is 0 Å². The Balaban J connectivity index is 2.16. The summed E-state index contributed by atoms with van der Waals surface area (Å²) in [6.45, 7) is 6.66. The van der Waals surface area contributed by atoms with E-state index in [0.717, 1.165) is 19.4 Å². The average molecular weight is 1010 g/mol. The first-order chi connectivity index (χ1) is 33.7. The molecule has 0 radical (unpaired) electrons. The fourth-order valence-corrected chi connectivity index (χ4v) is 6.69. The Bertz CT molecular complexity index is 2260. The topological polar surface area (TPSA) is 428 Å². The predicted octanol–water partition coefficient (Wildman–Crippen LogP) is -3.35. The average Bonchev–Trinajstić information content (AvgIpc) is 3.29. The molecule has 26 nitrogen and oxygen atoms in total. The monoisotopic (exact) mass is 1010 g/mol. The molecule has 0 aliphatic rings. The second-order valence-corrected chi connectivity index (χ2v) is 17.2. The van der Waals surface area contributed by atoms with Gasteiger partial charge in [0.15, 0.2) is 0 Å². The Hall–Kier alpha value is -8.00. The number of hydrogen-bond acceptors (Lipinski definition) is 14. The molecule has 2 aromatic rings. The number of carbonyl (C=O) groups excluding carboxylic acids is 8. The van der Waals surface area contributed by atoms with E-state index in [1.54, 1.807) is 74.5 Å². The summed E-state index contributed by atoms with van der Waals surface area (Å²) in [5, 5.41) is 66.3. The van der Waals surface area contributed by atoms with E-state index < -0.39 is 151 Å². The molecule has 10 atom stereocenters. The van der Waals surface area contributed by atoms with Crippen molar-refractivity contribution in [1.29, 1.82) is 0 Å². The van der Waals surface area contributed by atoms with Gasteiger partial charge < -0.3 is 73.8 Å². The van der Waals surface area contributed by atoms with E-state index in [0.29, 0.717) is 5.56 Å². The number of rotatable bonds is 30. The molecule has 0 fully saturated rings. The molecule has 0 saturated heterocycles. The lowest BCUT2D eigenvalue weighted by Crippen LogP contribution is -2.61. The molecule has 2 aromatic carbocycles. The highest BCUT2D eigenvalue weighted by molar-refractivity contribution is 5.99. The maximum atomic E-state index is 13.6. The van der Waals surface area contributed by atoms with Crippen LogP contribution in [0.25, 0.3) is 0 Å². The van der Waals surface area contributed by atoms with E-state index in [1.807, 2.05) is 0 Å². The zero-order valence-electron chi connectivity index (χ0n) is 40.1. The third kappa shape index (κ3) is 21.3. The van der Waals surface area contributed by atoms with Crippen LogP contribution in [-0.2, 0) is 70.4 Å². The van der Waals surface area contributed by atoms with Gasteiger partial charge in [-0.15, -0.1) is 0 Å². The van der Waals surface area contributed by atoms with Crippen LogP contribution in [0, 0.1) is 5.92 Å². The smallest absolute Gasteiger partial charge is 0.326 e. The number of nitrogens with two attached hydrogens (primary N) is 1. The van der Waals surface area contributed by atoms with Crippen molar-refractivity contribution in [2.75, 3.05) is 0 Å². The number of benzene rings is 2. The third-order valence-electron chi connectivity index (χ3n) is 10.5.